The Kier molecular flexibility index (Phi) is 3.34. The van der Waals surface area contributed by atoms with E-state index in [9.17, 15) is 0 Å². The Bertz CT molecular complexity index is 339. The van der Waals surface area contributed by atoms with Gasteiger partial charge >= 0.3 is 7.12 Å². The molecular formula is C11H14BClO2. The zero-order valence-electron chi connectivity index (χ0n) is 9.05. The van der Waals surface area contributed by atoms with E-state index in [1.807, 2.05) is 13.8 Å². The Labute approximate surface area is 95.7 Å². The third-order valence-electron chi connectivity index (χ3n) is 2.53. The Morgan fingerprint density at radius 1 is 1.20 bits per heavy atom. The van der Waals surface area contributed by atoms with E-state index >= 15 is 0 Å². The fraction of sp³-hybridized carbons (Fsp3) is 0.455. The average molecular weight is 224 g/mol. The van der Waals surface area contributed by atoms with Gasteiger partial charge in [-0.25, -0.2) is 0 Å². The van der Waals surface area contributed by atoms with Crippen molar-refractivity contribution in [1.29, 1.82) is 0 Å². The molecule has 0 saturated heterocycles. The first-order chi connectivity index (χ1) is 7.26. The predicted octanol–water partition coefficient (Wildman–Crippen LogP) is 2.01. The summed E-state index contributed by atoms with van der Waals surface area (Å²) in [5.74, 6) is 0. The van der Waals surface area contributed by atoms with Crippen molar-refractivity contribution < 1.29 is 9.31 Å². The normalized spacial score (nSPS) is 12.5. The molecule has 0 fully saturated rings. The van der Waals surface area contributed by atoms with Crippen molar-refractivity contribution in [2.75, 3.05) is 13.2 Å². The van der Waals surface area contributed by atoms with E-state index in [0.717, 1.165) is 16.9 Å². The van der Waals surface area contributed by atoms with Gasteiger partial charge < -0.3 is 9.31 Å². The summed E-state index contributed by atoms with van der Waals surface area (Å²) >= 11 is 6.03. The third kappa shape index (κ3) is 2.05. The molecule has 0 radical (unpaired) electrons. The van der Waals surface area contributed by atoms with Crippen LogP contribution >= 0.6 is 11.6 Å². The van der Waals surface area contributed by atoms with E-state index in [-0.39, 0.29) is 7.12 Å². The second-order valence-corrected chi connectivity index (χ2v) is 3.95. The molecule has 80 valence electrons. The lowest BCUT2D eigenvalue weighted by atomic mass is 9.73. The molecule has 0 aromatic heterocycles. The van der Waals surface area contributed by atoms with Crippen molar-refractivity contribution in [1.82, 2.24) is 0 Å². The van der Waals surface area contributed by atoms with Gasteiger partial charge in [-0.3, -0.25) is 0 Å². The SMILES string of the molecule is CCOB(OCC)c1cc2c(Cl)c(c1)C2. The number of benzene rings is 1. The van der Waals surface area contributed by atoms with Crippen LogP contribution < -0.4 is 5.46 Å². The van der Waals surface area contributed by atoms with E-state index in [4.69, 9.17) is 20.9 Å². The molecule has 0 heterocycles. The Hall–Kier alpha value is -0.505. The minimum absolute atomic E-state index is 0.241. The highest BCUT2D eigenvalue weighted by Gasteiger charge is 2.26. The molecule has 3 rings (SSSR count). The van der Waals surface area contributed by atoms with Crippen LogP contribution in [0.4, 0.5) is 0 Å². The highest BCUT2D eigenvalue weighted by Crippen LogP contribution is 2.32. The maximum absolute atomic E-state index is 6.03. The number of rotatable bonds is 5. The maximum Gasteiger partial charge on any atom is 0.493 e. The molecule has 2 aliphatic rings. The summed E-state index contributed by atoms with van der Waals surface area (Å²) in [6.45, 7) is 5.24. The van der Waals surface area contributed by atoms with Crippen molar-refractivity contribution in [3.8, 4) is 0 Å². The quantitative estimate of drug-likeness (QED) is 0.724. The largest absolute Gasteiger partial charge is 0.493 e. The number of hydrogen-bond acceptors (Lipinski definition) is 2. The number of halogens is 1. The molecule has 4 heteroatoms. The van der Waals surface area contributed by atoms with Gasteiger partial charge in [-0.15, -0.1) is 0 Å². The van der Waals surface area contributed by atoms with Crippen molar-refractivity contribution in [2.45, 2.75) is 20.3 Å². The lowest BCUT2D eigenvalue weighted by Crippen LogP contribution is -2.39. The summed E-state index contributed by atoms with van der Waals surface area (Å²) < 4.78 is 11.1. The molecule has 2 aliphatic carbocycles. The van der Waals surface area contributed by atoms with Crippen molar-refractivity contribution in [3.05, 3.63) is 28.3 Å². The van der Waals surface area contributed by atoms with Crippen molar-refractivity contribution in [3.63, 3.8) is 0 Å². The second kappa shape index (κ2) is 4.56. The second-order valence-electron chi connectivity index (χ2n) is 3.57. The van der Waals surface area contributed by atoms with Gasteiger partial charge in [-0.1, -0.05) is 23.7 Å². The lowest BCUT2D eigenvalue weighted by Gasteiger charge is -2.23. The first kappa shape index (κ1) is 11.0. The van der Waals surface area contributed by atoms with Crippen LogP contribution in [0.3, 0.4) is 0 Å². The van der Waals surface area contributed by atoms with Crippen LogP contribution in [0.25, 0.3) is 0 Å². The fourth-order valence-electron chi connectivity index (χ4n) is 1.81. The average Bonchev–Trinajstić information content (AvgIpc) is 2.28. The van der Waals surface area contributed by atoms with Gasteiger partial charge in [-0.2, -0.15) is 0 Å². The molecule has 1 aromatic carbocycles. The van der Waals surface area contributed by atoms with Crippen LogP contribution in [0.15, 0.2) is 12.1 Å². The molecule has 0 saturated carbocycles. The van der Waals surface area contributed by atoms with Gasteiger partial charge in [0.2, 0.25) is 0 Å². The Morgan fingerprint density at radius 2 is 1.73 bits per heavy atom. The first-order valence-corrected chi connectivity index (χ1v) is 5.68. The Balaban J connectivity index is 2.17. The smallest absolute Gasteiger partial charge is 0.408 e. The summed E-state index contributed by atoms with van der Waals surface area (Å²) in [6.07, 6.45) is 0.993. The topological polar surface area (TPSA) is 18.5 Å². The van der Waals surface area contributed by atoms with Gasteiger partial charge in [0.25, 0.3) is 0 Å². The predicted molar refractivity (Wildman–Crippen MR) is 62.9 cm³/mol. The van der Waals surface area contributed by atoms with Crippen LogP contribution in [0.1, 0.15) is 25.0 Å². The molecule has 0 amide bonds. The first-order valence-electron chi connectivity index (χ1n) is 5.30. The van der Waals surface area contributed by atoms with Gasteiger partial charge in [0, 0.05) is 24.7 Å². The minimum atomic E-state index is -0.241. The summed E-state index contributed by atoms with van der Waals surface area (Å²) in [5, 5.41) is 0.908. The molecule has 2 nitrogen and oxygen atoms in total. The fourth-order valence-corrected chi connectivity index (χ4v) is 2.05. The van der Waals surface area contributed by atoms with Crippen LogP contribution in [-0.2, 0) is 15.7 Å². The summed E-state index contributed by atoms with van der Waals surface area (Å²) in [7, 11) is -0.241. The van der Waals surface area contributed by atoms with Crippen molar-refractivity contribution >= 4 is 24.2 Å². The standard InChI is InChI=1S/C11H14BClO2/c1-3-14-12(15-4-2)10-6-8-5-9(7-10)11(8)13/h6-7H,3-5H2,1-2H3. The Morgan fingerprint density at radius 3 is 2.13 bits per heavy atom. The zero-order valence-corrected chi connectivity index (χ0v) is 9.80. The lowest BCUT2D eigenvalue weighted by molar-refractivity contribution is 0.225. The summed E-state index contributed by atoms with van der Waals surface area (Å²) in [6, 6.07) is 4.15. The van der Waals surface area contributed by atoms with Gasteiger partial charge in [0.15, 0.2) is 0 Å². The number of fused-ring (bicyclic) bond motifs is 2. The molecule has 15 heavy (non-hydrogen) atoms. The minimum Gasteiger partial charge on any atom is -0.408 e. The van der Waals surface area contributed by atoms with Crippen LogP contribution in [0.2, 0.25) is 5.02 Å². The number of hydrogen-bond donors (Lipinski definition) is 0. The highest BCUT2D eigenvalue weighted by atomic mass is 35.5. The van der Waals surface area contributed by atoms with Gasteiger partial charge in [0.1, 0.15) is 0 Å². The summed E-state index contributed by atoms with van der Waals surface area (Å²) in [5.41, 5.74) is 3.49. The van der Waals surface area contributed by atoms with Gasteiger partial charge in [-0.05, 0) is 30.4 Å². The van der Waals surface area contributed by atoms with E-state index in [1.54, 1.807) is 0 Å². The third-order valence-corrected chi connectivity index (χ3v) is 3.02. The molecule has 0 spiro atoms. The zero-order chi connectivity index (χ0) is 10.8. The molecule has 0 unspecified atom stereocenters. The highest BCUT2D eigenvalue weighted by molar-refractivity contribution is 6.61. The van der Waals surface area contributed by atoms with E-state index in [0.29, 0.717) is 13.2 Å². The van der Waals surface area contributed by atoms with Crippen LogP contribution in [0.5, 0.6) is 0 Å². The van der Waals surface area contributed by atoms with Crippen molar-refractivity contribution in [2.24, 2.45) is 0 Å². The molecule has 0 aliphatic heterocycles. The van der Waals surface area contributed by atoms with E-state index in [1.165, 1.54) is 11.1 Å². The molecular weight excluding hydrogens is 210 g/mol. The summed E-state index contributed by atoms with van der Waals surface area (Å²) in [4.78, 5) is 0. The molecule has 0 N–H and O–H groups in total. The van der Waals surface area contributed by atoms with Crippen LogP contribution in [-0.4, -0.2) is 20.3 Å². The van der Waals surface area contributed by atoms with E-state index < -0.39 is 0 Å². The molecule has 0 atom stereocenters. The van der Waals surface area contributed by atoms with Gasteiger partial charge in [0.05, 0.1) is 0 Å². The van der Waals surface area contributed by atoms with Crippen LogP contribution in [0, 0.1) is 0 Å². The maximum atomic E-state index is 6.03. The molecule has 1 aromatic rings. The molecule has 2 bridgehead atoms. The van der Waals surface area contributed by atoms with E-state index in [2.05, 4.69) is 12.1 Å². The monoisotopic (exact) mass is 224 g/mol.